The van der Waals surface area contributed by atoms with Crippen LogP contribution in [0.4, 0.5) is 9.93 Å². The lowest BCUT2D eigenvalue weighted by molar-refractivity contribution is 0.251. The molecule has 2 heterocycles. The Balaban J connectivity index is 1.59. The third-order valence-electron chi connectivity index (χ3n) is 3.29. The number of urea groups is 1. The second kappa shape index (κ2) is 7.67. The fourth-order valence-electron chi connectivity index (χ4n) is 2.14. The van der Waals surface area contributed by atoms with Crippen molar-refractivity contribution in [1.82, 2.24) is 25.3 Å². The van der Waals surface area contributed by atoms with E-state index >= 15 is 0 Å². The van der Waals surface area contributed by atoms with Gasteiger partial charge in [-0.25, -0.2) is 9.48 Å². The summed E-state index contributed by atoms with van der Waals surface area (Å²) < 4.78 is 1.33. The zero-order valence-corrected chi connectivity index (χ0v) is 14.3. The van der Waals surface area contributed by atoms with Crippen LogP contribution in [0.5, 0.6) is 0 Å². The Morgan fingerprint density at radius 1 is 1.16 bits per heavy atom. The molecule has 0 saturated carbocycles. The van der Waals surface area contributed by atoms with Crippen LogP contribution in [-0.4, -0.2) is 32.6 Å². The van der Waals surface area contributed by atoms with Gasteiger partial charge in [0.1, 0.15) is 5.01 Å². The summed E-state index contributed by atoms with van der Waals surface area (Å²) in [5.74, 6) is 0. The monoisotopic (exact) mass is 356 g/mol. The average molecular weight is 356 g/mol. The van der Waals surface area contributed by atoms with Gasteiger partial charge in [-0.3, -0.25) is 10.1 Å². The molecular weight excluding hydrogens is 340 g/mol. The molecule has 0 unspecified atom stereocenters. The van der Waals surface area contributed by atoms with Crippen molar-refractivity contribution in [2.24, 2.45) is 0 Å². The SMILES string of the molecule is Cc1nnc(NC(=O)NCCn2nc(-c3ccccc3)ccc2=O)s1. The van der Waals surface area contributed by atoms with Gasteiger partial charge in [-0.15, -0.1) is 10.2 Å². The van der Waals surface area contributed by atoms with Crippen molar-refractivity contribution in [3.8, 4) is 11.3 Å². The number of carbonyl (C=O) groups is 1. The fourth-order valence-corrected chi connectivity index (χ4v) is 2.72. The Kier molecular flexibility index (Phi) is 5.14. The second-order valence-corrected chi connectivity index (χ2v) is 6.33. The fraction of sp³-hybridized carbons (Fsp3) is 0.188. The molecule has 8 nitrogen and oxygen atoms in total. The standard InChI is InChI=1S/C16H16N6O2S/c1-11-19-20-16(25-11)18-15(24)17-9-10-22-14(23)8-7-13(21-22)12-5-3-2-4-6-12/h2-8H,9-10H2,1H3,(H2,17,18,20,24). The number of carbonyl (C=O) groups excluding carboxylic acids is 1. The first-order valence-electron chi connectivity index (χ1n) is 7.60. The van der Waals surface area contributed by atoms with E-state index in [0.29, 0.717) is 10.8 Å². The van der Waals surface area contributed by atoms with Gasteiger partial charge in [0.15, 0.2) is 0 Å². The predicted molar refractivity (Wildman–Crippen MR) is 95.6 cm³/mol. The molecule has 25 heavy (non-hydrogen) atoms. The quantitative estimate of drug-likeness (QED) is 0.727. The van der Waals surface area contributed by atoms with E-state index in [1.54, 1.807) is 13.0 Å². The molecule has 0 atom stereocenters. The Labute approximate surface area is 147 Å². The van der Waals surface area contributed by atoms with Gasteiger partial charge in [0, 0.05) is 18.2 Å². The lowest BCUT2D eigenvalue weighted by Gasteiger charge is -2.08. The number of nitrogens with one attached hydrogen (secondary N) is 2. The zero-order valence-electron chi connectivity index (χ0n) is 13.5. The molecule has 3 rings (SSSR count). The third kappa shape index (κ3) is 4.48. The minimum absolute atomic E-state index is 0.221. The molecule has 1 aromatic carbocycles. The van der Waals surface area contributed by atoms with Gasteiger partial charge in [0.05, 0.1) is 12.2 Å². The minimum atomic E-state index is -0.400. The Morgan fingerprint density at radius 2 is 1.96 bits per heavy atom. The van der Waals surface area contributed by atoms with E-state index in [9.17, 15) is 9.59 Å². The van der Waals surface area contributed by atoms with Crippen LogP contribution in [0.25, 0.3) is 11.3 Å². The lowest BCUT2D eigenvalue weighted by Crippen LogP contribution is -2.34. The van der Waals surface area contributed by atoms with E-state index in [4.69, 9.17) is 0 Å². The van der Waals surface area contributed by atoms with Crippen LogP contribution in [0.1, 0.15) is 5.01 Å². The molecule has 0 saturated heterocycles. The second-order valence-electron chi connectivity index (χ2n) is 5.15. The van der Waals surface area contributed by atoms with Crippen molar-refractivity contribution >= 4 is 22.5 Å². The molecule has 3 aromatic rings. The van der Waals surface area contributed by atoms with Gasteiger partial charge in [-0.2, -0.15) is 5.10 Å². The topological polar surface area (TPSA) is 102 Å². The molecule has 0 bridgehead atoms. The number of aryl methyl sites for hydroxylation is 1. The zero-order chi connectivity index (χ0) is 17.6. The number of amides is 2. The molecule has 9 heteroatoms. The van der Waals surface area contributed by atoms with Crippen LogP contribution >= 0.6 is 11.3 Å². The summed E-state index contributed by atoms with van der Waals surface area (Å²) in [6.45, 7) is 2.33. The summed E-state index contributed by atoms with van der Waals surface area (Å²) in [5, 5.41) is 18.4. The smallest absolute Gasteiger partial charge is 0.321 e. The van der Waals surface area contributed by atoms with Crippen molar-refractivity contribution in [1.29, 1.82) is 0 Å². The van der Waals surface area contributed by atoms with Crippen molar-refractivity contribution < 1.29 is 4.79 Å². The number of hydrogen-bond acceptors (Lipinski definition) is 6. The number of anilines is 1. The van der Waals surface area contributed by atoms with E-state index in [0.717, 1.165) is 10.6 Å². The van der Waals surface area contributed by atoms with Crippen LogP contribution in [0.2, 0.25) is 0 Å². The Bertz CT molecular complexity index is 922. The van der Waals surface area contributed by atoms with E-state index in [-0.39, 0.29) is 18.6 Å². The van der Waals surface area contributed by atoms with Gasteiger partial charge in [-0.05, 0) is 13.0 Å². The maximum Gasteiger partial charge on any atom is 0.321 e. The normalized spacial score (nSPS) is 10.4. The van der Waals surface area contributed by atoms with Gasteiger partial charge >= 0.3 is 6.03 Å². The molecule has 128 valence electrons. The molecule has 2 aromatic heterocycles. The van der Waals surface area contributed by atoms with Crippen molar-refractivity contribution in [2.45, 2.75) is 13.5 Å². The van der Waals surface area contributed by atoms with E-state index in [2.05, 4.69) is 25.9 Å². The van der Waals surface area contributed by atoms with Crippen molar-refractivity contribution in [2.75, 3.05) is 11.9 Å². The molecule has 0 radical (unpaired) electrons. The molecular formula is C16H16N6O2S. The van der Waals surface area contributed by atoms with Gasteiger partial charge in [0.2, 0.25) is 5.13 Å². The number of rotatable bonds is 5. The number of aromatic nitrogens is 4. The molecule has 2 amide bonds. The van der Waals surface area contributed by atoms with Crippen LogP contribution in [0.15, 0.2) is 47.3 Å². The van der Waals surface area contributed by atoms with E-state index in [1.165, 1.54) is 22.1 Å². The van der Waals surface area contributed by atoms with Gasteiger partial charge in [-0.1, -0.05) is 41.7 Å². The highest BCUT2D eigenvalue weighted by atomic mass is 32.1. The molecule has 0 fully saturated rings. The Morgan fingerprint density at radius 3 is 2.68 bits per heavy atom. The highest BCUT2D eigenvalue weighted by Gasteiger charge is 2.07. The summed E-state index contributed by atoms with van der Waals surface area (Å²) in [4.78, 5) is 23.7. The van der Waals surface area contributed by atoms with Crippen LogP contribution < -0.4 is 16.2 Å². The summed E-state index contributed by atoms with van der Waals surface area (Å²) >= 11 is 1.29. The van der Waals surface area contributed by atoms with Crippen molar-refractivity contribution in [3.05, 3.63) is 57.8 Å². The highest BCUT2D eigenvalue weighted by molar-refractivity contribution is 7.15. The molecule has 0 aliphatic carbocycles. The summed E-state index contributed by atoms with van der Waals surface area (Å²) in [6.07, 6.45) is 0. The van der Waals surface area contributed by atoms with E-state index < -0.39 is 6.03 Å². The molecule has 0 spiro atoms. The maximum atomic E-state index is 11.9. The maximum absolute atomic E-state index is 11.9. The summed E-state index contributed by atoms with van der Waals surface area (Å²) in [5.41, 5.74) is 1.41. The first-order valence-corrected chi connectivity index (χ1v) is 8.42. The average Bonchev–Trinajstić information content (AvgIpc) is 3.02. The minimum Gasteiger partial charge on any atom is -0.336 e. The Hall–Kier alpha value is -3.07. The summed E-state index contributed by atoms with van der Waals surface area (Å²) in [7, 11) is 0. The molecule has 0 aliphatic heterocycles. The number of benzene rings is 1. The van der Waals surface area contributed by atoms with Crippen LogP contribution in [0.3, 0.4) is 0 Å². The van der Waals surface area contributed by atoms with Gasteiger partial charge in [0.25, 0.3) is 5.56 Å². The van der Waals surface area contributed by atoms with E-state index in [1.807, 2.05) is 30.3 Å². The lowest BCUT2D eigenvalue weighted by atomic mass is 10.1. The third-order valence-corrected chi connectivity index (χ3v) is 4.05. The number of nitrogens with zero attached hydrogens (tertiary/aromatic N) is 4. The predicted octanol–water partition coefficient (Wildman–Crippen LogP) is 1.89. The van der Waals surface area contributed by atoms with Crippen LogP contribution in [0, 0.1) is 6.92 Å². The largest absolute Gasteiger partial charge is 0.336 e. The first-order chi connectivity index (χ1) is 12.1. The molecule has 0 aliphatic rings. The van der Waals surface area contributed by atoms with Crippen molar-refractivity contribution in [3.63, 3.8) is 0 Å². The summed E-state index contributed by atoms with van der Waals surface area (Å²) in [6, 6.07) is 12.3. The number of hydrogen-bond donors (Lipinski definition) is 2. The van der Waals surface area contributed by atoms with Gasteiger partial charge < -0.3 is 5.32 Å². The van der Waals surface area contributed by atoms with Crippen LogP contribution in [-0.2, 0) is 6.54 Å². The molecule has 2 N–H and O–H groups in total. The first kappa shape index (κ1) is 16.8. The highest BCUT2D eigenvalue weighted by Crippen LogP contribution is 2.14.